The second-order valence-corrected chi connectivity index (χ2v) is 6.44. The molecule has 2 aromatic rings. The van der Waals surface area contributed by atoms with Gasteiger partial charge in [0, 0.05) is 15.5 Å². The van der Waals surface area contributed by atoms with Crippen LogP contribution in [-0.4, -0.2) is 10.9 Å². The smallest absolute Gasteiger partial charge is 0.258 e. The molecule has 0 saturated heterocycles. The number of benzene rings is 1. The third-order valence-electron chi connectivity index (χ3n) is 2.22. The van der Waals surface area contributed by atoms with E-state index in [1.54, 1.807) is 30.5 Å². The summed E-state index contributed by atoms with van der Waals surface area (Å²) in [5.41, 5.74) is 0.870. The molecule has 7 heteroatoms. The summed E-state index contributed by atoms with van der Waals surface area (Å²) in [5.74, 6) is -0.357. The fourth-order valence-corrected chi connectivity index (χ4v) is 3.45. The van der Waals surface area contributed by atoms with Crippen LogP contribution in [0.2, 0.25) is 10.0 Å². The molecule has 1 heterocycles. The summed E-state index contributed by atoms with van der Waals surface area (Å²) in [5, 5.41) is 3.36. The third-order valence-corrected chi connectivity index (χ3v) is 3.87. The van der Waals surface area contributed by atoms with Crippen molar-refractivity contribution in [2.45, 2.75) is 0 Å². The minimum Gasteiger partial charge on any atom is -0.322 e. The molecule has 2 rings (SSSR count). The van der Waals surface area contributed by atoms with Crippen LogP contribution in [-0.2, 0) is 0 Å². The highest BCUT2D eigenvalue weighted by Crippen LogP contribution is 2.28. The fourth-order valence-electron chi connectivity index (χ4n) is 1.43. The van der Waals surface area contributed by atoms with E-state index >= 15 is 0 Å². The van der Waals surface area contributed by atoms with Crippen LogP contribution < -0.4 is 5.32 Å². The van der Waals surface area contributed by atoms with Crippen LogP contribution in [0.15, 0.2) is 35.1 Å². The standard InChI is InChI=1S/C12H6BrCl2IN2O/c13-10-5-7(1-2-17-10)18-12(19)11-8(14)3-6(16)4-9(11)15/h1-5H,(H,17,18,19). The summed E-state index contributed by atoms with van der Waals surface area (Å²) < 4.78 is 1.50. The molecule has 3 nitrogen and oxygen atoms in total. The summed E-state index contributed by atoms with van der Waals surface area (Å²) in [6.07, 6.45) is 1.58. The lowest BCUT2D eigenvalue weighted by Crippen LogP contribution is -2.13. The SMILES string of the molecule is O=C(Nc1ccnc(Br)c1)c1c(Cl)cc(I)cc1Cl. The quantitative estimate of drug-likeness (QED) is 0.494. The van der Waals surface area contributed by atoms with Crippen LogP contribution in [0.4, 0.5) is 5.69 Å². The van der Waals surface area contributed by atoms with E-state index in [1.165, 1.54) is 0 Å². The monoisotopic (exact) mass is 470 g/mol. The van der Waals surface area contributed by atoms with Gasteiger partial charge in [-0.25, -0.2) is 4.98 Å². The molecule has 0 unspecified atom stereocenters. The van der Waals surface area contributed by atoms with E-state index in [4.69, 9.17) is 23.2 Å². The van der Waals surface area contributed by atoms with Crippen molar-refractivity contribution in [3.05, 3.63) is 54.2 Å². The maximum atomic E-state index is 12.2. The molecule has 0 fully saturated rings. The van der Waals surface area contributed by atoms with Crippen LogP contribution in [0.25, 0.3) is 0 Å². The van der Waals surface area contributed by atoms with Crippen molar-refractivity contribution >= 4 is 73.3 Å². The van der Waals surface area contributed by atoms with E-state index < -0.39 is 0 Å². The van der Waals surface area contributed by atoms with Crippen LogP contribution in [0.5, 0.6) is 0 Å². The van der Waals surface area contributed by atoms with Crippen LogP contribution in [0, 0.1) is 3.57 Å². The number of hydrogen-bond acceptors (Lipinski definition) is 2. The predicted octanol–water partition coefficient (Wildman–Crippen LogP) is 5.01. The van der Waals surface area contributed by atoms with Gasteiger partial charge in [-0.3, -0.25) is 4.79 Å². The third kappa shape index (κ3) is 3.81. The molecular weight excluding hydrogens is 466 g/mol. The zero-order chi connectivity index (χ0) is 14.0. The van der Waals surface area contributed by atoms with Crippen LogP contribution >= 0.6 is 61.7 Å². The molecule has 0 aliphatic heterocycles. The Morgan fingerprint density at radius 1 is 1.26 bits per heavy atom. The van der Waals surface area contributed by atoms with Crippen molar-refractivity contribution in [3.8, 4) is 0 Å². The summed E-state index contributed by atoms with van der Waals surface area (Å²) >= 11 is 17.4. The Labute approximate surface area is 142 Å². The minimum absolute atomic E-state index is 0.261. The highest BCUT2D eigenvalue weighted by atomic mass is 127. The highest BCUT2D eigenvalue weighted by molar-refractivity contribution is 14.1. The average molecular weight is 472 g/mol. The van der Waals surface area contributed by atoms with Gasteiger partial charge in [-0.05, 0) is 62.8 Å². The van der Waals surface area contributed by atoms with E-state index in [0.717, 1.165) is 3.57 Å². The number of amides is 1. The van der Waals surface area contributed by atoms with E-state index in [2.05, 4.69) is 48.8 Å². The summed E-state index contributed by atoms with van der Waals surface area (Å²) in [7, 11) is 0. The molecule has 1 aromatic carbocycles. The van der Waals surface area contributed by atoms with Crippen molar-refractivity contribution in [2.24, 2.45) is 0 Å². The van der Waals surface area contributed by atoms with Gasteiger partial charge in [0.25, 0.3) is 5.91 Å². The first-order chi connectivity index (χ1) is 8.97. The predicted molar refractivity (Wildman–Crippen MR) is 89.1 cm³/mol. The lowest BCUT2D eigenvalue weighted by Gasteiger charge is -2.09. The molecule has 0 radical (unpaired) electrons. The maximum absolute atomic E-state index is 12.2. The first-order valence-electron chi connectivity index (χ1n) is 5.05. The van der Waals surface area contributed by atoms with Crippen LogP contribution in [0.1, 0.15) is 10.4 Å². The Balaban J connectivity index is 2.31. The number of anilines is 1. The zero-order valence-electron chi connectivity index (χ0n) is 9.25. The van der Waals surface area contributed by atoms with Gasteiger partial charge in [0.1, 0.15) is 4.60 Å². The number of halogens is 4. The Morgan fingerprint density at radius 2 is 1.89 bits per heavy atom. The molecule has 0 bridgehead atoms. The van der Waals surface area contributed by atoms with E-state index in [-0.39, 0.29) is 11.5 Å². The molecule has 0 aliphatic carbocycles. The zero-order valence-corrected chi connectivity index (χ0v) is 14.5. The topological polar surface area (TPSA) is 42.0 Å². The normalized spacial score (nSPS) is 10.3. The molecule has 0 aliphatic rings. The molecule has 1 N–H and O–H groups in total. The lowest BCUT2D eigenvalue weighted by atomic mass is 10.2. The second-order valence-electron chi connectivity index (χ2n) is 3.57. The molecule has 1 aromatic heterocycles. The first-order valence-corrected chi connectivity index (χ1v) is 7.67. The lowest BCUT2D eigenvalue weighted by molar-refractivity contribution is 0.102. The fraction of sp³-hybridized carbons (Fsp3) is 0. The van der Waals surface area contributed by atoms with Gasteiger partial charge in [-0.1, -0.05) is 23.2 Å². The molecule has 0 saturated carbocycles. The molecule has 98 valence electrons. The van der Waals surface area contributed by atoms with Crippen molar-refractivity contribution in [3.63, 3.8) is 0 Å². The summed E-state index contributed by atoms with van der Waals surface area (Å²) in [4.78, 5) is 16.1. The largest absolute Gasteiger partial charge is 0.322 e. The molecule has 0 spiro atoms. The van der Waals surface area contributed by atoms with Gasteiger partial charge in [-0.15, -0.1) is 0 Å². The van der Waals surface area contributed by atoms with E-state index in [0.29, 0.717) is 20.3 Å². The minimum atomic E-state index is -0.357. The van der Waals surface area contributed by atoms with Crippen molar-refractivity contribution in [1.82, 2.24) is 4.98 Å². The van der Waals surface area contributed by atoms with Gasteiger partial charge in [0.2, 0.25) is 0 Å². The number of carbonyl (C=O) groups is 1. The number of pyridine rings is 1. The van der Waals surface area contributed by atoms with Crippen molar-refractivity contribution in [2.75, 3.05) is 5.32 Å². The molecule has 19 heavy (non-hydrogen) atoms. The number of nitrogens with one attached hydrogen (secondary N) is 1. The van der Waals surface area contributed by atoms with Gasteiger partial charge in [0.15, 0.2) is 0 Å². The summed E-state index contributed by atoms with van der Waals surface area (Å²) in [6.45, 7) is 0. The second kappa shape index (κ2) is 6.39. The van der Waals surface area contributed by atoms with Gasteiger partial charge >= 0.3 is 0 Å². The van der Waals surface area contributed by atoms with Gasteiger partial charge < -0.3 is 5.32 Å². The van der Waals surface area contributed by atoms with Gasteiger partial charge in [-0.2, -0.15) is 0 Å². The average Bonchev–Trinajstić information content (AvgIpc) is 2.27. The molecule has 0 atom stereocenters. The van der Waals surface area contributed by atoms with Crippen LogP contribution in [0.3, 0.4) is 0 Å². The molecule has 1 amide bonds. The van der Waals surface area contributed by atoms with E-state index in [1.807, 2.05) is 0 Å². The van der Waals surface area contributed by atoms with E-state index in [9.17, 15) is 4.79 Å². The van der Waals surface area contributed by atoms with Gasteiger partial charge in [0.05, 0.1) is 15.6 Å². The number of rotatable bonds is 2. The number of nitrogens with zero attached hydrogens (tertiary/aromatic N) is 1. The van der Waals surface area contributed by atoms with Crippen molar-refractivity contribution in [1.29, 1.82) is 0 Å². The number of carbonyl (C=O) groups excluding carboxylic acids is 1. The molecular formula is C12H6BrCl2IN2O. The number of aromatic nitrogens is 1. The Kier molecular flexibility index (Phi) is 5.05. The number of hydrogen-bond donors (Lipinski definition) is 1. The maximum Gasteiger partial charge on any atom is 0.258 e. The summed E-state index contributed by atoms with van der Waals surface area (Å²) in [6, 6.07) is 6.74. The Morgan fingerprint density at radius 3 is 2.47 bits per heavy atom. The van der Waals surface area contributed by atoms with Crippen molar-refractivity contribution < 1.29 is 4.79 Å². The Hall–Kier alpha value is -0.370. The first kappa shape index (κ1) is 15.0. The Bertz CT molecular complexity index is 628. The highest BCUT2D eigenvalue weighted by Gasteiger charge is 2.16.